The van der Waals surface area contributed by atoms with Gasteiger partial charge in [0.2, 0.25) is 0 Å². The Kier molecular flexibility index (Phi) is 4.69. The minimum Gasteiger partial charge on any atom is -0.456 e. The van der Waals surface area contributed by atoms with Crippen molar-refractivity contribution in [3.8, 4) is 11.5 Å². The van der Waals surface area contributed by atoms with E-state index >= 15 is 0 Å². The van der Waals surface area contributed by atoms with Crippen molar-refractivity contribution in [3.05, 3.63) is 58.1 Å². The highest BCUT2D eigenvalue weighted by Crippen LogP contribution is 2.36. The van der Waals surface area contributed by atoms with Gasteiger partial charge in [0.1, 0.15) is 16.5 Å². The van der Waals surface area contributed by atoms with Gasteiger partial charge in [-0.15, -0.1) is 0 Å². The molecule has 21 heavy (non-hydrogen) atoms. The van der Waals surface area contributed by atoms with E-state index in [1.807, 2.05) is 36.4 Å². The average Bonchev–Trinajstić information content (AvgIpc) is 2.37. The van der Waals surface area contributed by atoms with Crippen LogP contribution in [0.25, 0.3) is 0 Å². The summed E-state index contributed by atoms with van der Waals surface area (Å²) >= 11 is 8.60. The van der Waals surface area contributed by atoms with Gasteiger partial charge in [-0.25, -0.2) is 0 Å². The molecule has 0 aliphatic carbocycles. The highest BCUT2D eigenvalue weighted by molar-refractivity contribution is 9.10. The predicted molar refractivity (Wildman–Crippen MR) is 95.2 cm³/mol. The lowest BCUT2D eigenvalue weighted by molar-refractivity contribution is 0.454. The first-order chi connectivity index (χ1) is 9.80. The maximum Gasteiger partial charge on any atom is 0.138 e. The lowest BCUT2D eigenvalue weighted by atomic mass is 9.86. The first-order valence-corrected chi connectivity index (χ1v) is 7.86. The minimum atomic E-state index is -0.00794. The number of halogens is 1. The Morgan fingerprint density at radius 2 is 1.67 bits per heavy atom. The standard InChI is InChI=1S/C17H18BrNOS/c1-17(2,3)11-7-4-5-9-13(11)20-14-10-6-8-12(18)15(14)16(19)21/h4-10H,1-3H3,(H2,19,21). The molecule has 0 amide bonds. The third kappa shape index (κ3) is 3.63. The van der Waals surface area contributed by atoms with Gasteiger partial charge in [0.05, 0.1) is 5.56 Å². The summed E-state index contributed by atoms with van der Waals surface area (Å²) in [5.41, 5.74) is 7.66. The second kappa shape index (κ2) is 6.16. The van der Waals surface area contributed by atoms with Crippen LogP contribution in [0, 0.1) is 0 Å². The minimum absolute atomic E-state index is 0.00794. The molecule has 0 saturated heterocycles. The molecule has 2 aromatic rings. The van der Waals surface area contributed by atoms with Crippen LogP contribution in [0.2, 0.25) is 0 Å². The molecule has 0 heterocycles. The van der Waals surface area contributed by atoms with Crippen LogP contribution in [0.1, 0.15) is 31.9 Å². The normalized spacial score (nSPS) is 11.2. The first kappa shape index (κ1) is 16.0. The zero-order valence-corrected chi connectivity index (χ0v) is 14.7. The van der Waals surface area contributed by atoms with E-state index in [-0.39, 0.29) is 5.41 Å². The lowest BCUT2D eigenvalue weighted by Gasteiger charge is -2.23. The van der Waals surface area contributed by atoms with Gasteiger partial charge in [-0.05, 0) is 39.5 Å². The van der Waals surface area contributed by atoms with Crippen LogP contribution < -0.4 is 10.5 Å². The summed E-state index contributed by atoms with van der Waals surface area (Å²) < 4.78 is 6.95. The molecule has 0 aliphatic rings. The van der Waals surface area contributed by atoms with E-state index in [1.54, 1.807) is 0 Å². The van der Waals surface area contributed by atoms with Crippen LogP contribution in [-0.2, 0) is 5.41 Å². The van der Waals surface area contributed by atoms with Crippen molar-refractivity contribution in [1.29, 1.82) is 0 Å². The summed E-state index contributed by atoms with van der Waals surface area (Å²) in [4.78, 5) is 0.311. The molecule has 4 heteroatoms. The van der Waals surface area contributed by atoms with Crippen LogP contribution >= 0.6 is 28.1 Å². The zero-order valence-electron chi connectivity index (χ0n) is 12.3. The number of ether oxygens (including phenoxy) is 1. The molecule has 2 aromatic carbocycles. The number of para-hydroxylation sites is 1. The molecule has 0 unspecified atom stereocenters. The average molecular weight is 364 g/mol. The SMILES string of the molecule is CC(C)(C)c1ccccc1Oc1cccc(Br)c1C(N)=S. The second-order valence-corrected chi connectivity index (χ2v) is 7.12. The molecule has 2 nitrogen and oxygen atoms in total. The fraction of sp³-hybridized carbons (Fsp3) is 0.235. The summed E-state index contributed by atoms with van der Waals surface area (Å²) in [6.07, 6.45) is 0. The number of nitrogens with two attached hydrogens (primary N) is 1. The van der Waals surface area contributed by atoms with E-state index in [0.717, 1.165) is 21.3 Å². The summed E-state index contributed by atoms with van der Waals surface area (Å²) in [5.74, 6) is 1.48. The van der Waals surface area contributed by atoms with Gasteiger partial charge >= 0.3 is 0 Å². The highest BCUT2D eigenvalue weighted by Gasteiger charge is 2.20. The molecule has 0 atom stereocenters. The largest absolute Gasteiger partial charge is 0.456 e. The Morgan fingerprint density at radius 1 is 1.05 bits per heavy atom. The maximum atomic E-state index is 6.11. The number of hydrogen-bond donors (Lipinski definition) is 1. The fourth-order valence-corrected chi connectivity index (χ4v) is 3.03. The topological polar surface area (TPSA) is 35.2 Å². The molecule has 0 bridgehead atoms. The van der Waals surface area contributed by atoms with Gasteiger partial charge < -0.3 is 10.5 Å². The Labute approximate surface area is 139 Å². The second-order valence-electron chi connectivity index (χ2n) is 5.83. The Morgan fingerprint density at radius 3 is 2.29 bits per heavy atom. The van der Waals surface area contributed by atoms with E-state index < -0.39 is 0 Å². The Balaban J connectivity index is 2.50. The van der Waals surface area contributed by atoms with Crippen LogP contribution in [0.4, 0.5) is 0 Å². The molecule has 0 aliphatic heterocycles. The van der Waals surface area contributed by atoms with E-state index in [1.165, 1.54) is 0 Å². The van der Waals surface area contributed by atoms with E-state index in [9.17, 15) is 0 Å². The van der Waals surface area contributed by atoms with Gasteiger partial charge in [-0.3, -0.25) is 0 Å². The van der Waals surface area contributed by atoms with Gasteiger partial charge in [0, 0.05) is 10.0 Å². The lowest BCUT2D eigenvalue weighted by Crippen LogP contribution is -2.14. The van der Waals surface area contributed by atoms with Crippen LogP contribution in [-0.4, -0.2) is 4.99 Å². The summed E-state index contributed by atoms with van der Waals surface area (Å²) in [7, 11) is 0. The van der Waals surface area contributed by atoms with Crippen molar-refractivity contribution in [2.24, 2.45) is 5.73 Å². The molecule has 2 N–H and O–H groups in total. The summed E-state index contributed by atoms with van der Waals surface area (Å²) in [6, 6.07) is 13.7. The maximum absolute atomic E-state index is 6.11. The van der Waals surface area contributed by atoms with Gasteiger partial charge in [-0.1, -0.05) is 57.3 Å². The third-order valence-electron chi connectivity index (χ3n) is 3.14. The quantitative estimate of drug-likeness (QED) is 0.763. The van der Waals surface area contributed by atoms with Gasteiger partial charge in [0.15, 0.2) is 0 Å². The smallest absolute Gasteiger partial charge is 0.138 e. The van der Waals surface area contributed by atoms with Crippen LogP contribution in [0.3, 0.4) is 0 Å². The molecular weight excluding hydrogens is 346 g/mol. The molecule has 0 aromatic heterocycles. The van der Waals surface area contributed by atoms with E-state index in [2.05, 4.69) is 42.8 Å². The van der Waals surface area contributed by atoms with Crippen molar-refractivity contribution >= 4 is 33.1 Å². The molecule has 110 valence electrons. The molecule has 0 fully saturated rings. The molecule has 2 rings (SSSR count). The van der Waals surface area contributed by atoms with E-state index in [4.69, 9.17) is 22.7 Å². The highest BCUT2D eigenvalue weighted by atomic mass is 79.9. The van der Waals surface area contributed by atoms with Crippen molar-refractivity contribution < 1.29 is 4.74 Å². The predicted octanol–water partition coefficient (Wildman–Crippen LogP) is 5.17. The van der Waals surface area contributed by atoms with Crippen molar-refractivity contribution in [2.45, 2.75) is 26.2 Å². The fourth-order valence-electron chi connectivity index (χ4n) is 2.12. The monoisotopic (exact) mass is 363 g/mol. The van der Waals surface area contributed by atoms with Crippen LogP contribution in [0.15, 0.2) is 46.9 Å². The number of hydrogen-bond acceptors (Lipinski definition) is 2. The number of thiocarbonyl (C=S) groups is 1. The van der Waals surface area contributed by atoms with Crippen molar-refractivity contribution in [1.82, 2.24) is 0 Å². The van der Waals surface area contributed by atoms with Crippen molar-refractivity contribution in [2.75, 3.05) is 0 Å². The van der Waals surface area contributed by atoms with Crippen LogP contribution in [0.5, 0.6) is 11.5 Å². The molecule has 0 spiro atoms. The Bertz CT molecular complexity index is 677. The summed E-state index contributed by atoms with van der Waals surface area (Å²) in [6.45, 7) is 6.47. The molecule has 0 radical (unpaired) electrons. The molecular formula is C17H18BrNOS. The Hall–Kier alpha value is -1.39. The number of rotatable bonds is 3. The van der Waals surface area contributed by atoms with Gasteiger partial charge in [-0.2, -0.15) is 0 Å². The van der Waals surface area contributed by atoms with Gasteiger partial charge in [0.25, 0.3) is 0 Å². The number of benzene rings is 2. The summed E-state index contributed by atoms with van der Waals surface area (Å²) in [5, 5.41) is 0. The molecule has 0 saturated carbocycles. The zero-order chi connectivity index (χ0) is 15.6. The third-order valence-corrected chi connectivity index (χ3v) is 4.00. The van der Waals surface area contributed by atoms with Crippen molar-refractivity contribution in [3.63, 3.8) is 0 Å². The van der Waals surface area contributed by atoms with E-state index in [0.29, 0.717) is 10.7 Å². The first-order valence-electron chi connectivity index (χ1n) is 6.66.